The summed E-state index contributed by atoms with van der Waals surface area (Å²) < 4.78 is 0. The summed E-state index contributed by atoms with van der Waals surface area (Å²) in [4.78, 5) is 0. The summed E-state index contributed by atoms with van der Waals surface area (Å²) in [6.45, 7) is 1.23. The topological polar surface area (TPSA) is 12.0 Å². The molecule has 1 nitrogen and oxygen atoms in total. The molecule has 1 saturated carbocycles. The average molecular weight is 96.2 g/mol. The standard InChI is InChI=1S/C6H10N/c1-2-5-4-7-6(5)3-1/h6-7H,1-4H2. The van der Waals surface area contributed by atoms with Gasteiger partial charge in [-0.05, 0) is 12.8 Å². The van der Waals surface area contributed by atoms with E-state index in [1.165, 1.54) is 25.8 Å². The van der Waals surface area contributed by atoms with Gasteiger partial charge in [0.1, 0.15) is 0 Å². The van der Waals surface area contributed by atoms with Crippen LogP contribution in [-0.4, -0.2) is 12.6 Å². The lowest BCUT2D eigenvalue weighted by Gasteiger charge is -2.30. The Morgan fingerprint density at radius 1 is 1.57 bits per heavy atom. The highest BCUT2D eigenvalue weighted by Crippen LogP contribution is 2.32. The highest BCUT2D eigenvalue weighted by Gasteiger charge is 2.34. The highest BCUT2D eigenvalue weighted by molar-refractivity contribution is 5.15. The molecule has 1 aliphatic heterocycles. The van der Waals surface area contributed by atoms with E-state index in [1.54, 1.807) is 5.92 Å². The molecule has 1 radical (unpaired) electrons. The van der Waals surface area contributed by atoms with Crippen LogP contribution in [0.4, 0.5) is 0 Å². The van der Waals surface area contributed by atoms with E-state index in [0.29, 0.717) is 0 Å². The summed E-state index contributed by atoms with van der Waals surface area (Å²) in [6.07, 6.45) is 4.26. The van der Waals surface area contributed by atoms with E-state index in [-0.39, 0.29) is 0 Å². The fourth-order valence-electron chi connectivity index (χ4n) is 1.49. The monoisotopic (exact) mass is 96.1 g/mol. The third kappa shape index (κ3) is 0.418. The third-order valence-corrected chi connectivity index (χ3v) is 2.06. The Balaban J connectivity index is 2.03. The van der Waals surface area contributed by atoms with E-state index >= 15 is 0 Å². The Morgan fingerprint density at radius 3 is 2.86 bits per heavy atom. The summed E-state index contributed by atoms with van der Waals surface area (Å²) in [5.41, 5.74) is 0. The highest BCUT2D eigenvalue weighted by atomic mass is 15.0. The predicted molar refractivity (Wildman–Crippen MR) is 28.9 cm³/mol. The van der Waals surface area contributed by atoms with Crippen LogP contribution >= 0.6 is 0 Å². The van der Waals surface area contributed by atoms with Crippen molar-refractivity contribution in [2.75, 3.05) is 6.54 Å². The minimum Gasteiger partial charge on any atom is -0.313 e. The second-order valence-electron chi connectivity index (χ2n) is 2.48. The fraction of sp³-hybridized carbons (Fsp3) is 0.833. The van der Waals surface area contributed by atoms with Gasteiger partial charge < -0.3 is 5.32 Å². The van der Waals surface area contributed by atoms with Gasteiger partial charge in [-0.1, -0.05) is 6.42 Å². The molecular formula is C6H10N. The van der Waals surface area contributed by atoms with Crippen molar-refractivity contribution in [3.05, 3.63) is 5.92 Å². The second kappa shape index (κ2) is 1.22. The number of rotatable bonds is 0. The van der Waals surface area contributed by atoms with Gasteiger partial charge in [0, 0.05) is 18.5 Å². The first kappa shape index (κ1) is 3.90. The van der Waals surface area contributed by atoms with Gasteiger partial charge in [0.15, 0.2) is 0 Å². The molecule has 1 saturated heterocycles. The van der Waals surface area contributed by atoms with E-state index in [4.69, 9.17) is 0 Å². The van der Waals surface area contributed by atoms with Gasteiger partial charge in [-0.3, -0.25) is 0 Å². The SMILES string of the molecule is C1C[C]2CNC2C1. The predicted octanol–water partition coefficient (Wildman–Crippen LogP) is 0.717. The minimum atomic E-state index is 0.861. The summed E-state index contributed by atoms with van der Waals surface area (Å²) >= 11 is 0. The number of hydrogen-bond acceptors (Lipinski definition) is 1. The van der Waals surface area contributed by atoms with E-state index in [9.17, 15) is 0 Å². The third-order valence-electron chi connectivity index (χ3n) is 2.06. The van der Waals surface area contributed by atoms with Crippen LogP contribution < -0.4 is 5.32 Å². The molecule has 0 bridgehead atoms. The van der Waals surface area contributed by atoms with Gasteiger partial charge >= 0.3 is 0 Å². The van der Waals surface area contributed by atoms with Crippen LogP contribution in [0.15, 0.2) is 0 Å². The zero-order chi connectivity index (χ0) is 4.69. The van der Waals surface area contributed by atoms with Gasteiger partial charge in [0.25, 0.3) is 0 Å². The first-order valence-corrected chi connectivity index (χ1v) is 3.05. The molecule has 2 fully saturated rings. The Labute approximate surface area is 44.1 Å². The molecule has 1 aliphatic carbocycles. The Morgan fingerprint density at radius 2 is 2.57 bits per heavy atom. The number of fused-ring (bicyclic) bond motifs is 1. The summed E-state index contributed by atoms with van der Waals surface area (Å²) in [7, 11) is 0. The molecule has 0 aromatic carbocycles. The average Bonchev–Trinajstić information content (AvgIpc) is 1.85. The molecule has 2 rings (SSSR count). The van der Waals surface area contributed by atoms with Crippen LogP contribution in [0.25, 0.3) is 0 Å². The van der Waals surface area contributed by atoms with Crippen molar-refractivity contribution in [2.24, 2.45) is 0 Å². The Kier molecular flexibility index (Phi) is 0.680. The molecule has 1 heterocycles. The molecule has 1 N–H and O–H groups in total. The van der Waals surface area contributed by atoms with E-state index < -0.39 is 0 Å². The second-order valence-corrected chi connectivity index (χ2v) is 2.48. The minimum absolute atomic E-state index is 0.861. The van der Waals surface area contributed by atoms with Crippen molar-refractivity contribution in [2.45, 2.75) is 25.3 Å². The normalized spacial score (nSPS) is 40.3. The number of nitrogens with one attached hydrogen (secondary N) is 1. The molecule has 1 unspecified atom stereocenters. The van der Waals surface area contributed by atoms with Crippen LogP contribution in [0.3, 0.4) is 0 Å². The molecular weight excluding hydrogens is 86.1 g/mol. The van der Waals surface area contributed by atoms with Crippen LogP contribution in [0.2, 0.25) is 0 Å². The maximum absolute atomic E-state index is 3.37. The van der Waals surface area contributed by atoms with Crippen LogP contribution in [0.1, 0.15) is 19.3 Å². The van der Waals surface area contributed by atoms with Crippen LogP contribution in [0.5, 0.6) is 0 Å². The van der Waals surface area contributed by atoms with E-state index in [2.05, 4.69) is 5.32 Å². The van der Waals surface area contributed by atoms with Gasteiger partial charge in [-0.25, -0.2) is 0 Å². The molecule has 2 aliphatic rings. The van der Waals surface area contributed by atoms with Crippen molar-refractivity contribution in [1.29, 1.82) is 0 Å². The molecule has 1 atom stereocenters. The van der Waals surface area contributed by atoms with Crippen molar-refractivity contribution in [3.63, 3.8) is 0 Å². The van der Waals surface area contributed by atoms with E-state index in [1.807, 2.05) is 0 Å². The maximum Gasteiger partial charge on any atom is 0.0142 e. The molecule has 7 heavy (non-hydrogen) atoms. The first-order valence-electron chi connectivity index (χ1n) is 3.05. The summed E-state index contributed by atoms with van der Waals surface area (Å²) in [5.74, 6) is 1.78. The van der Waals surface area contributed by atoms with Crippen molar-refractivity contribution >= 4 is 0 Å². The molecule has 0 aromatic rings. The van der Waals surface area contributed by atoms with Crippen LogP contribution in [0, 0.1) is 5.92 Å². The smallest absolute Gasteiger partial charge is 0.0142 e. The quantitative estimate of drug-likeness (QED) is 0.468. The fourth-order valence-corrected chi connectivity index (χ4v) is 1.49. The lowest BCUT2D eigenvalue weighted by Crippen LogP contribution is -2.47. The molecule has 39 valence electrons. The van der Waals surface area contributed by atoms with Crippen LogP contribution in [-0.2, 0) is 0 Å². The van der Waals surface area contributed by atoms with Gasteiger partial charge in [0.2, 0.25) is 0 Å². The largest absolute Gasteiger partial charge is 0.313 e. The molecule has 0 amide bonds. The zero-order valence-electron chi connectivity index (χ0n) is 4.41. The summed E-state index contributed by atoms with van der Waals surface area (Å²) in [6, 6.07) is 0.861. The van der Waals surface area contributed by atoms with Gasteiger partial charge in [0.05, 0.1) is 0 Å². The lowest BCUT2D eigenvalue weighted by molar-refractivity contribution is 0.443. The van der Waals surface area contributed by atoms with Crippen molar-refractivity contribution in [1.82, 2.24) is 5.32 Å². The van der Waals surface area contributed by atoms with Crippen molar-refractivity contribution < 1.29 is 0 Å². The lowest BCUT2D eigenvalue weighted by atomic mass is 9.96. The molecule has 0 spiro atoms. The van der Waals surface area contributed by atoms with E-state index in [0.717, 1.165) is 6.04 Å². The van der Waals surface area contributed by atoms with Gasteiger partial charge in [-0.15, -0.1) is 0 Å². The first-order chi connectivity index (χ1) is 3.47. The maximum atomic E-state index is 3.37. The Hall–Kier alpha value is -0.0400. The molecule has 0 aromatic heterocycles. The molecule has 1 heteroatoms. The van der Waals surface area contributed by atoms with Crippen molar-refractivity contribution in [3.8, 4) is 0 Å². The Bertz CT molecular complexity index is 70.2. The van der Waals surface area contributed by atoms with Gasteiger partial charge in [-0.2, -0.15) is 0 Å². The zero-order valence-corrected chi connectivity index (χ0v) is 4.41. The summed E-state index contributed by atoms with van der Waals surface area (Å²) in [5, 5.41) is 3.37. The number of hydrogen-bond donors (Lipinski definition) is 1.